The third-order valence-corrected chi connectivity index (χ3v) is 8.05. The largest absolute Gasteiger partial charge is 0.399 e. The summed E-state index contributed by atoms with van der Waals surface area (Å²) in [6.07, 6.45) is 0.356. The molecule has 16 heteroatoms. The van der Waals surface area contributed by atoms with Crippen LogP contribution in [0.2, 0.25) is 5.21 Å². The monoisotopic (exact) mass is 608 g/mol. The third kappa shape index (κ3) is 7.25. The molecule has 2 aromatic carbocycles. The second-order valence-corrected chi connectivity index (χ2v) is 11.6. The molecular formula is C29H34B5FN4O6. The fourth-order valence-corrected chi connectivity index (χ4v) is 5.54. The molecule has 45 heavy (non-hydrogen) atoms. The van der Waals surface area contributed by atoms with Gasteiger partial charge in [0.1, 0.15) is 39.7 Å². The Hall–Kier alpha value is -2.90. The van der Waals surface area contributed by atoms with E-state index in [0.29, 0.717) is 24.9 Å². The van der Waals surface area contributed by atoms with Gasteiger partial charge in [-0.05, 0) is 37.7 Å². The van der Waals surface area contributed by atoms with Crippen molar-refractivity contribution in [2.75, 3.05) is 32.5 Å². The van der Waals surface area contributed by atoms with Gasteiger partial charge in [-0.2, -0.15) is 0 Å². The molecule has 5 atom stereocenters. The maximum atomic E-state index is 15.9. The Morgan fingerprint density at radius 1 is 1.09 bits per heavy atom. The Labute approximate surface area is 269 Å². The molecule has 2 aromatic rings. The van der Waals surface area contributed by atoms with Crippen LogP contribution >= 0.6 is 0 Å². The molecule has 5 unspecified atom stereocenters. The fourth-order valence-electron chi connectivity index (χ4n) is 5.54. The van der Waals surface area contributed by atoms with Crippen LogP contribution in [0.1, 0.15) is 40.9 Å². The number of rotatable bonds is 13. The summed E-state index contributed by atoms with van der Waals surface area (Å²) < 4.78 is 21.6. The molecular weight excluding hydrogens is 573 g/mol. The molecule has 10 nitrogen and oxygen atoms in total. The van der Waals surface area contributed by atoms with E-state index in [1.165, 1.54) is 38.4 Å². The van der Waals surface area contributed by atoms with E-state index >= 15 is 4.39 Å². The summed E-state index contributed by atoms with van der Waals surface area (Å²) in [6, 6.07) is 8.82. The van der Waals surface area contributed by atoms with Gasteiger partial charge in [0, 0.05) is 61.1 Å². The predicted octanol–water partition coefficient (Wildman–Crippen LogP) is -0.818. The standard InChI is InChI=1S/C29H34B5FN4O6/c1-17-11-39(12-18(2)45-17)13-19-7-5-9-22(24(19)35)28(33,43)37-23-10-6-8-20(15-40)21(23)14-38(4)27(32,25(42)36-3)29(34,44)26(30,31)16-41/h5-10,15-18,37,43-44H,11-14H2,1-4H3,(H,36,42). The molecule has 0 bridgehead atoms. The van der Waals surface area contributed by atoms with Crippen LogP contribution in [0.3, 0.4) is 0 Å². The first-order valence-electron chi connectivity index (χ1n) is 14.2. The minimum atomic E-state index is -3.06. The van der Waals surface area contributed by atoms with Gasteiger partial charge in [0.15, 0.2) is 7.85 Å². The number of carbonyl (C=O) groups is 3. The molecule has 10 radical (unpaired) electrons. The van der Waals surface area contributed by atoms with Crippen molar-refractivity contribution < 1.29 is 33.7 Å². The van der Waals surface area contributed by atoms with Gasteiger partial charge < -0.3 is 30.4 Å². The van der Waals surface area contributed by atoms with Crippen LogP contribution in [0, 0.1) is 5.82 Å². The quantitative estimate of drug-likeness (QED) is 0.131. The second-order valence-electron chi connectivity index (χ2n) is 11.6. The minimum Gasteiger partial charge on any atom is -0.399 e. The maximum absolute atomic E-state index is 15.9. The van der Waals surface area contributed by atoms with Crippen molar-refractivity contribution in [1.82, 2.24) is 15.1 Å². The van der Waals surface area contributed by atoms with E-state index in [1.54, 1.807) is 12.1 Å². The number of hydrogen-bond donors (Lipinski definition) is 4. The van der Waals surface area contributed by atoms with Gasteiger partial charge in [-0.25, -0.2) is 4.39 Å². The summed E-state index contributed by atoms with van der Waals surface area (Å²) in [6.45, 7) is 4.86. The number of carbonyl (C=O) groups excluding carboxylic acids is 3. The average Bonchev–Trinajstić information content (AvgIpc) is 2.97. The Bertz CT molecular complexity index is 1410. The highest BCUT2D eigenvalue weighted by Crippen LogP contribution is 2.40. The van der Waals surface area contributed by atoms with Crippen molar-refractivity contribution in [3.8, 4) is 0 Å². The van der Waals surface area contributed by atoms with E-state index in [2.05, 4.69) is 10.6 Å². The lowest BCUT2D eigenvalue weighted by atomic mass is 9.34. The minimum absolute atomic E-state index is 0.0368. The summed E-state index contributed by atoms with van der Waals surface area (Å²) in [5.41, 5.74) is -8.01. The summed E-state index contributed by atoms with van der Waals surface area (Å²) >= 11 is 0. The summed E-state index contributed by atoms with van der Waals surface area (Å²) in [5.74, 6) is -1.81. The number of halogens is 1. The lowest BCUT2D eigenvalue weighted by Crippen LogP contribution is -2.75. The van der Waals surface area contributed by atoms with Gasteiger partial charge in [-0.1, -0.05) is 30.3 Å². The van der Waals surface area contributed by atoms with Crippen molar-refractivity contribution in [3.63, 3.8) is 0 Å². The zero-order valence-electron chi connectivity index (χ0n) is 25.8. The number of aliphatic hydroxyl groups is 2. The van der Waals surface area contributed by atoms with E-state index in [4.69, 9.17) is 44.0 Å². The number of aldehydes is 2. The number of amides is 1. The van der Waals surface area contributed by atoms with Crippen LogP contribution in [-0.4, -0.2) is 128 Å². The smallest absolute Gasteiger partial charge is 0.232 e. The highest BCUT2D eigenvalue weighted by Gasteiger charge is 2.57. The number of benzene rings is 2. The van der Waals surface area contributed by atoms with Crippen LogP contribution in [-0.2, 0) is 33.0 Å². The first-order chi connectivity index (χ1) is 20.9. The maximum Gasteiger partial charge on any atom is 0.232 e. The number of likely N-dealkylation sites (N-methyl/N-ethyl adjacent to an activating group) is 2. The van der Waals surface area contributed by atoms with Crippen LogP contribution in [0.4, 0.5) is 10.1 Å². The van der Waals surface area contributed by atoms with Crippen molar-refractivity contribution in [2.24, 2.45) is 0 Å². The molecule has 1 aliphatic rings. The summed E-state index contributed by atoms with van der Waals surface area (Å²) in [4.78, 5) is 39.8. The highest BCUT2D eigenvalue weighted by atomic mass is 19.1. The number of morpholine rings is 1. The molecule has 1 fully saturated rings. The Morgan fingerprint density at radius 2 is 1.69 bits per heavy atom. The molecule has 1 aliphatic heterocycles. The first kappa shape index (κ1) is 36.6. The molecule has 0 aromatic heterocycles. The zero-order valence-corrected chi connectivity index (χ0v) is 25.8. The van der Waals surface area contributed by atoms with Gasteiger partial charge in [-0.15, -0.1) is 0 Å². The third-order valence-electron chi connectivity index (χ3n) is 8.05. The van der Waals surface area contributed by atoms with Crippen molar-refractivity contribution in [3.05, 3.63) is 64.5 Å². The van der Waals surface area contributed by atoms with Crippen molar-refractivity contribution in [2.45, 2.75) is 60.9 Å². The van der Waals surface area contributed by atoms with E-state index in [0.717, 1.165) is 4.90 Å². The van der Waals surface area contributed by atoms with Crippen molar-refractivity contribution >= 4 is 63.4 Å². The zero-order chi connectivity index (χ0) is 34.0. The number of nitrogens with one attached hydrogen (secondary N) is 2. The number of anilines is 1. The molecule has 0 saturated carbocycles. The topological polar surface area (TPSA) is 131 Å². The predicted molar refractivity (Wildman–Crippen MR) is 172 cm³/mol. The van der Waals surface area contributed by atoms with Crippen LogP contribution in [0.5, 0.6) is 0 Å². The Morgan fingerprint density at radius 3 is 2.24 bits per heavy atom. The van der Waals surface area contributed by atoms with E-state index < -0.39 is 40.0 Å². The van der Waals surface area contributed by atoms with Gasteiger partial charge in [-0.3, -0.25) is 19.4 Å². The Balaban J connectivity index is 2.01. The van der Waals surface area contributed by atoms with Gasteiger partial charge in [0.25, 0.3) is 0 Å². The molecule has 0 spiro atoms. The Kier molecular flexibility index (Phi) is 11.3. The van der Waals surface area contributed by atoms with E-state index in [1.807, 2.05) is 18.7 Å². The second kappa shape index (κ2) is 13.8. The molecule has 1 saturated heterocycles. The molecule has 1 amide bonds. The molecule has 3 rings (SSSR count). The van der Waals surface area contributed by atoms with Gasteiger partial charge in [0.05, 0.1) is 33.3 Å². The SMILES string of the molecule is [B]C(O)(Nc1cccc(C=O)c1CN(C)C([B])(C(=O)NC)C([B])(O)C([B])([B])C=O)c1cccc(CN2CC(C)OC(C)C2)c1F. The molecule has 228 valence electrons. The van der Waals surface area contributed by atoms with Crippen LogP contribution in [0.25, 0.3) is 0 Å². The fraction of sp³-hybridized carbons (Fsp3) is 0.483. The van der Waals surface area contributed by atoms with Crippen LogP contribution < -0.4 is 10.6 Å². The summed E-state index contributed by atoms with van der Waals surface area (Å²) in [7, 11) is 32.5. The number of nitrogens with zero attached hydrogens (tertiary/aromatic N) is 2. The van der Waals surface area contributed by atoms with Gasteiger partial charge >= 0.3 is 0 Å². The van der Waals surface area contributed by atoms with E-state index in [9.17, 15) is 24.6 Å². The number of ether oxygens (including phenoxy) is 1. The molecule has 1 heterocycles. The van der Waals surface area contributed by atoms with Crippen molar-refractivity contribution in [1.29, 1.82) is 0 Å². The average molecular weight is 608 g/mol. The normalized spacial score (nSPS) is 21.6. The first-order valence-corrected chi connectivity index (χ1v) is 14.2. The molecule has 0 aliphatic carbocycles. The molecule has 4 N–H and O–H groups in total. The lowest BCUT2D eigenvalue weighted by Gasteiger charge is -2.54. The van der Waals surface area contributed by atoms with E-state index in [-0.39, 0.29) is 47.4 Å². The number of hydrogen-bond acceptors (Lipinski definition) is 9. The summed E-state index contributed by atoms with van der Waals surface area (Å²) in [5, 5.41) is 24.7. The lowest BCUT2D eigenvalue weighted by molar-refractivity contribution is -0.138. The van der Waals surface area contributed by atoms with Gasteiger partial charge in [0.2, 0.25) is 5.91 Å². The van der Waals surface area contributed by atoms with Crippen LogP contribution in [0.15, 0.2) is 36.4 Å². The highest BCUT2D eigenvalue weighted by molar-refractivity contribution is 6.54.